The highest BCUT2D eigenvalue weighted by Crippen LogP contribution is 2.32. The van der Waals surface area contributed by atoms with Crippen LogP contribution >= 0.6 is 0 Å². The minimum Gasteiger partial charge on any atom is -0.493 e. The molecule has 0 spiro atoms. The minimum atomic E-state index is -0.787. The molecule has 0 unspecified atom stereocenters. The molecule has 11 heteroatoms. The molecule has 2 aromatic heterocycles. The second kappa shape index (κ2) is 10.1. The predicted octanol–water partition coefficient (Wildman–Crippen LogP) is 3.68. The van der Waals surface area contributed by atoms with Gasteiger partial charge in [-0.25, -0.2) is 18.3 Å². The summed E-state index contributed by atoms with van der Waals surface area (Å²) in [6, 6.07) is 11.2. The van der Waals surface area contributed by atoms with Crippen molar-refractivity contribution in [3.63, 3.8) is 0 Å². The third kappa shape index (κ3) is 4.51. The summed E-state index contributed by atoms with van der Waals surface area (Å²) < 4.78 is 40.1. The number of carbonyl (C=O) groups is 2. The van der Waals surface area contributed by atoms with Gasteiger partial charge in [0, 0.05) is 43.5 Å². The van der Waals surface area contributed by atoms with Crippen molar-refractivity contribution in [3.8, 4) is 22.8 Å². The molecule has 5 rings (SSSR count). The Labute approximate surface area is 217 Å². The Balaban J connectivity index is 1.37. The van der Waals surface area contributed by atoms with Crippen LogP contribution in [0.5, 0.6) is 11.5 Å². The van der Waals surface area contributed by atoms with E-state index in [1.54, 1.807) is 55.0 Å². The number of carbonyl (C=O) groups excluding carboxylic acids is 2. The molecule has 0 bridgehead atoms. The summed E-state index contributed by atoms with van der Waals surface area (Å²) >= 11 is 0. The molecule has 1 atom stereocenters. The van der Waals surface area contributed by atoms with Crippen molar-refractivity contribution in [2.24, 2.45) is 0 Å². The molecule has 4 aromatic rings. The highest BCUT2D eigenvalue weighted by molar-refractivity contribution is 5.96. The SMILES string of the molecule is COc1ccc(-c2ccnc3cc(C(=O)N4CCN(C(=O)c5cc(F)ccc5F)[C@@H](C)C4)nn23)cc1OC. The fraction of sp³-hybridized carbons (Fsp3) is 0.259. The van der Waals surface area contributed by atoms with Crippen LogP contribution in [0.15, 0.2) is 54.7 Å². The van der Waals surface area contributed by atoms with Crippen molar-refractivity contribution in [2.75, 3.05) is 33.9 Å². The van der Waals surface area contributed by atoms with Crippen LogP contribution in [0.3, 0.4) is 0 Å². The van der Waals surface area contributed by atoms with Gasteiger partial charge in [0.15, 0.2) is 22.8 Å². The van der Waals surface area contributed by atoms with Crippen molar-refractivity contribution in [1.82, 2.24) is 24.4 Å². The highest BCUT2D eigenvalue weighted by atomic mass is 19.1. The van der Waals surface area contributed by atoms with E-state index in [1.807, 2.05) is 12.1 Å². The lowest BCUT2D eigenvalue weighted by Gasteiger charge is -2.39. The van der Waals surface area contributed by atoms with Crippen LogP contribution in [0.4, 0.5) is 8.78 Å². The second-order valence-electron chi connectivity index (χ2n) is 8.92. The first kappa shape index (κ1) is 25.1. The number of nitrogens with zero attached hydrogens (tertiary/aromatic N) is 5. The number of halogens is 2. The summed E-state index contributed by atoms with van der Waals surface area (Å²) in [5.74, 6) is -1.26. The first-order valence-electron chi connectivity index (χ1n) is 11.9. The summed E-state index contributed by atoms with van der Waals surface area (Å²) in [5, 5.41) is 4.53. The fourth-order valence-electron chi connectivity index (χ4n) is 4.64. The molecule has 196 valence electrons. The van der Waals surface area contributed by atoms with Gasteiger partial charge >= 0.3 is 0 Å². The number of ether oxygens (including phenoxy) is 2. The maximum atomic E-state index is 14.2. The minimum absolute atomic E-state index is 0.171. The Kier molecular flexibility index (Phi) is 6.66. The van der Waals surface area contributed by atoms with E-state index in [-0.39, 0.29) is 36.8 Å². The number of aromatic nitrogens is 3. The third-order valence-corrected chi connectivity index (χ3v) is 6.59. The smallest absolute Gasteiger partial charge is 0.274 e. The van der Waals surface area contributed by atoms with E-state index in [1.165, 1.54) is 4.90 Å². The highest BCUT2D eigenvalue weighted by Gasteiger charge is 2.33. The van der Waals surface area contributed by atoms with Gasteiger partial charge in [0.25, 0.3) is 11.8 Å². The molecule has 38 heavy (non-hydrogen) atoms. The zero-order valence-corrected chi connectivity index (χ0v) is 21.0. The van der Waals surface area contributed by atoms with E-state index < -0.39 is 23.6 Å². The molecule has 9 nitrogen and oxygen atoms in total. The second-order valence-corrected chi connectivity index (χ2v) is 8.92. The first-order chi connectivity index (χ1) is 18.3. The van der Waals surface area contributed by atoms with Gasteiger partial charge in [0.1, 0.15) is 11.6 Å². The molecule has 3 heterocycles. The molecule has 1 fully saturated rings. The Bertz CT molecular complexity index is 1540. The summed E-state index contributed by atoms with van der Waals surface area (Å²) in [5.41, 5.74) is 1.86. The number of methoxy groups -OCH3 is 2. The number of benzene rings is 2. The van der Waals surface area contributed by atoms with E-state index in [0.717, 1.165) is 23.8 Å². The first-order valence-corrected chi connectivity index (χ1v) is 11.9. The van der Waals surface area contributed by atoms with E-state index in [9.17, 15) is 18.4 Å². The third-order valence-electron chi connectivity index (χ3n) is 6.59. The van der Waals surface area contributed by atoms with Gasteiger partial charge in [-0.05, 0) is 49.4 Å². The van der Waals surface area contributed by atoms with Crippen LogP contribution in [0, 0.1) is 11.6 Å². The zero-order chi connectivity index (χ0) is 27.0. The van der Waals surface area contributed by atoms with Crippen LogP contribution in [-0.4, -0.2) is 76.1 Å². The summed E-state index contributed by atoms with van der Waals surface area (Å²) in [7, 11) is 3.11. The molecule has 1 saturated heterocycles. The number of amides is 2. The predicted molar refractivity (Wildman–Crippen MR) is 134 cm³/mol. The van der Waals surface area contributed by atoms with Crippen LogP contribution in [0.2, 0.25) is 0 Å². The molecular formula is C27H25F2N5O4. The van der Waals surface area contributed by atoms with Crippen LogP contribution in [0.1, 0.15) is 27.8 Å². The van der Waals surface area contributed by atoms with Gasteiger partial charge in [0.2, 0.25) is 0 Å². The van der Waals surface area contributed by atoms with Crippen molar-refractivity contribution in [2.45, 2.75) is 13.0 Å². The van der Waals surface area contributed by atoms with Gasteiger partial charge in [-0.15, -0.1) is 0 Å². The molecule has 0 aliphatic carbocycles. The van der Waals surface area contributed by atoms with E-state index >= 15 is 0 Å². The largest absolute Gasteiger partial charge is 0.493 e. The zero-order valence-electron chi connectivity index (χ0n) is 21.0. The standard InChI is InChI=1S/C27H25F2N5O4/c1-16-15-32(10-11-33(16)26(35)19-13-18(28)5-6-20(19)29)27(36)21-14-25-30-9-8-22(34(25)31-21)17-4-7-23(37-2)24(12-17)38-3/h4-9,12-14,16H,10-11,15H2,1-3H3/t16-/m0/s1. The topological polar surface area (TPSA) is 89.3 Å². The number of piperazine rings is 1. The van der Waals surface area contributed by atoms with Crippen LogP contribution in [0.25, 0.3) is 16.9 Å². The average molecular weight is 522 g/mol. The van der Waals surface area contributed by atoms with Gasteiger partial charge in [-0.2, -0.15) is 5.10 Å². The van der Waals surface area contributed by atoms with E-state index in [4.69, 9.17) is 9.47 Å². The molecule has 1 aliphatic rings. The molecular weight excluding hydrogens is 496 g/mol. The maximum Gasteiger partial charge on any atom is 0.274 e. The molecule has 0 N–H and O–H groups in total. The Hall–Kier alpha value is -4.54. The van der Waals surface area contributed by atoms with Gasteiger partial charge < -0.3 is 19.3 Å². The van der Waals surface area contributed by atoms with Crippen molar-refractivity contribution in [1.29, 1.82) is 0 Å². The normalized spacial score (nSPS) is 15.6. The molecule has 0 radical (unpaired) electrons. The Morgan fingerprint density at radius 1 is 0.947 bits per heavy atom. The van der Waals surface area contributed by atoms with E-state index in [2.05, 4.69) is 10.1 Å². The number of fused-ring (bicyclic) bond motifs is 1. The lowest BCUT2D eigenvalue weighted by atomic mass is 10.1. The Morgan fingerprint density at radius 3 is 2.47 bits per heavy atom. The maximum absolute atomic E-state index is 14.2. The van der Waals surface area contributed by atoms with Crippen molar-refractivity contribution in [3.05, 3.63) is 77.6 Å². The van der Waals surface area contributed by atoms with Crippen LogP contribution in [-0.2, 0) is 0 Å². The monoisotopic (exact) mass is 521 g/mol. The van der Waals surface area contributed by atoms with Gasteiger partial charge in [0.05, 0.1) is 25.5 Å². The lowest BCUT2D eigenvalue weighted by molar-refractivity contribution is 0.0408. The summed E-state index contributed by atoms with van der Waals surface area (Å²) in [4.78, 5) is 33.6. The number of hydrogen-bond donors (Lipinski definition) is 0. The van der Waals surface area contributed by atoms with Crippen molar-refractivity contribution < 1.29 is 27.8 Å². The average Bonchev–Trinajstić information content (AvgIpc) is 3.37. The van der Waals surface area contributed by atoms with Gasteiger partial charge in [-0.3, -0.25) is 9.59 Å². The molecule has 2 amide bonds. The quantitative estimate of drug-likeness (QED) is 0.398. The summed E-state index contributed by atoms with van der Waals surface area (Å²) in [6.07, 6.45) is 1.63. The lowest BCUT2D eigenvalue weighted by Crippen LogP contribution is -2.55. The molecule has 1 aliphatic heterocycles. The van der Waals surface area contributed by atoms with Crippen molar-refractivity contribution >= 4 is 17.5 Å². The Morgan fingerprint density at radius 2 is 1.74 bits per heavy atom. The van der Waals surface area contributed by atoms with Crippen LogP contribution < -0.4 is 9.47 Å². The molecule has 0 saturated carbocycles. The number of rotatable bonds is 5. The van der Waals surface area contributed by atoms with Gasteiger partial charge in [-0.1, -0.05) is 0 Å². The fourth-order valence-corrected chi connectivity index (χ4v) is 4.64. The summed E-state index contributed by atoms with van der Waals surface area (Å²) in [6.45, 7) is 2.36. The van der Waals surface area contributed by atoms with E-state index in [0.29, 0.717) is 22.8 Å². The number of hydrogen-bond acceptors (Lipinski definition) is 6. The molecule has 2 aromatic carbocycles.